The molecule has 0 radical (unpaired) electrons. The fraction of sp³-hybridized carbons (Fsp3) is 0.161. The first-order valence-corrected chi connectivity index (χ1v) is 11.8. The molecule has 0 N–H and O–H groups in total. The Balaban J connectivity index is 1.51. The maximum Gasteiger partial charge on any atom is 0.201 e. The second-order valence-corrected chi connectivity index (χ2v) is 8.59. The van der Waals surface area contributed by atoms with Crippen LogP contribution in [0.4, 0.5) is 17.6 Å². The molecule has 0 unspecified atom stereocenters. The molecule has 0 aliphatic rings. The van der Waals surface area contributed by atoms with Crippen molar-refractivity contribution in [1.82, 2.24) is 0 Å². The lowest BCUT2D eigenvalue weighted by Gasteiger charge is -2.10. The van der Waals surface area contributed by atoms with E-state index in [0.717, 1.165) is 18.4 Å². The minimum atomic E-state index is -1.01. The summed E-state index contributed by atoms with van der Waals surface area (Å²) in [6, 6.07) is 19.9. The molecular formula is C31H26F4O. The molecule has 0 spiro atoms. The van der Waals surface area contributed by atoms with Gasteiger partial charge < -0.3 is 4.74 Å². The molecule has 4 aromatic rings. The highest BCUT2D eigenvalue weighted by molar-refractivity contribution is 5.74. The van der Waals surface area contributed by atoms with Crippen LogP contribution in [0.3, 0.4) is 0 Å². The largest absolute Gasteiger partial charge is 0.490 e. The van der Waals surface area contributed by atoms with Crippen LogP contribution in [0.5, 0.6) is 5.75 Å². The molecule has 4 aromatic carbocycles. The van der Waals surface area contributed by atoms with Crippen LogP contribution in [0.25, 0.3) is 34.4 Å². The van der Waals surface area contributed by atoms with Gasteiger partial charge in [-0.15, -0.1) is 0 Å². The van der Waals surface area contributed by atoms with Gasteiger partial charge in [-0.1, -0.05) is 91.7 Å². The Labute approximate surface area is 208 Å². The van der Waals surface area contributed by atoms with Crippen LogP contribution in [0, 0.1) is 30.2 Å². The maximum absolute atomic E-state index is 14.7. The van der Waals surface area contributed by atoms with E-state index in [9.17, 15) is 17.6 Å². The first-order chi connectivity index (χ1) is 17.4. The number of hydrogen-bond acceptors (Lipinski definition) is 1. The van der Waals surface area contributed by atoms with E-state index in [-0.39, 0.29) is 22.4 Å². The van der Waals surface area contributed by atoms with E-state index in [1.54, 1.807) is 48.5 Å². The molecule has 0 saturated heterocycles. The van der Waals surface area contributed by atoms with E-state index < -0.39 is 23.3 Å². The number of ether oxygens (including phenoxy) is 1. The molecule has 0 bridgehead atoms. The topological polar surface area (TPSA) is 9.23 Å². The molecule has 4 rings (SSSR count). The van der Waals surface area contributed by atoms with E-state index in [1.165, 1.54) is 24.3 Å². The van der Waals surface area contributed by atoms with Crippen molar-refractivity contribution >= 4 is 12.2 Å². The number of unbranched alkanes of at least 4 members (excludes halogenated alkanes) is 1. The Morgan fingerprint density at radius 2 is 1.22 bits per heavy atom. The van der Waals surface area contributed by atoms with Crippen molar-refractivity contribution in [2.75, 3.05) is 6.61 Å². The van der Waals surface area contributed by atoms with Gasteiger partial charge in [-0.25, -0.2) is 13.2 Å². The van der Waals surface area contributed by atoms with Crippen molar-refractivity contribution in [2.45, 2.75) is 26.7 Å². The van der Waals surface area contributed by atoms with Gasteiger partial charge in [0, 0.05) is 16.7 Å². The maximum atomic E-state index is 14.7. The second-order valence-electron chi connectivity index (χ2n) is 8.59. The standard InChI is InChI=1S/C31H26F4O/c1-3-4-19-36-27-18-17-26(30(34)31(27)35)23-12-7-21(8-13-23)9-14-24-15-16-25(29(33)28(24)32)22-10-5-20(2)6-11-22/h5-18H,3-4,19H2,1-2H3/b14-9+. The Morgan fingerprint density at radius 1 is 0.639 bits per heavy atom. The summed E-state index contributed by atoms with van der Waals surface area (Å²) in [5, 5.41) is 0. The molecule has 0 fully saturated rings. The van der Waals surface area contributed by atoms with E-state index >= 15 is 0 Å². The zero-order chi connectivity index (χ0) is 25.7. The minimum absolute atomic E-state index is 0.105. The third-order valence-electron chi connectivity index (χ3n) is 5.95. The van der Waals surface area contributed by atoms with E-state index in [2.05, 4.69) is 0 Å². The molecule has 0 aliphatic carbocycles. The van der Waals surface area contributed by atoms with Crippen LogP contribution in [0.2, 0.25) is 0 Å². The summed E-state index contributed by atoms with van der Waals surface area (Å²) in [7, 11) is 0. The quantitative estimate of drug-likeness (QED) is 0.136. The smallest absolute Gasteiger partial charge is 0.201 e. The summed E-state index contributed by atoms with van der Waals surface area (Å²) in [4.78, 5) is 0. The summed E-state index contributed by atoms with van der Waals surface area (Å²) in [5.74, 6) is -3.93. The van der Waals surface area contributed by atoms with Gasteiger partial charge in [-0.2, -0.15) is 4.39 Å². The van der Waals surface area contributed by atoms with Crippen LogP contribution >= 0.6 is 0 Å². The Kier molecular flexibility index (Phi) is 7.89. The van der Waals surface area contributed by atoms with Gasteiger partial charge >= 0.3 is 0 Å². The van der Waals surface area contributed by atoms with Gasteiger partial charge in [0.25, 0.3) is 0 Å². The van der Waals surface area contributed by atoms with Gasteiger partial charge in [-0.3, -0.25) is 0 Å². The molecule has 0 atom stereocenters. The van der Waals surface area contributed by atoms with Gasteiger partial charge in [0.05, 0.1) is 6.61 Å². The first kappa shape index (κ1) is 25.2. The van der Waals surface area contributed by atoms with Gasteiger partial charge in [0.2, 0.25) is 5.82 Å². The normalized spacial score (nSPS) is 11.3. The monoisotopic (exact) mass is 490 g/mol. The van der Waals surface area contributed by atoms with E-state index in [4.69, 9.17) is 4.74 Å². The molecule has 0 heterocycles. The fourth-order valence-corrected chi connectivity index (χ4v) is 3.80. The van der Waals surface area contributed by atoms with E-state index in [1.807, 2.05) is 26.0 Å². The van der Waals surface area contributed by atoms with Crippen molar-refractivity contribution in [3.05, 3.63) is 113 Å². The summed E-state index contributed by atoms with van der Waals surface area (Å²) in [6.45, 7) is 4.24. The van der Waals surface area contributed by atoms with Crippen LogP contribution in [0.1, 0.15) is 36.5 Å². The van der Waals surface area contributed by atoms with Crippen LogP contribution in [-0.2, 0) is 0 Å². The van der Waals surface area contributed by atoms with Crippen molar-refractivity contribution in [3.63, 3.8) is 0 Å². The molecule has 36 heavy (non-hydrogen) atoms. The molecule has 0 aromatic heterocycles. The zero-order valence-electron chi connectivity index (χ0n) is 20.1. The molecular weight excluding hydrogens is 464 g/mol. The highest BCUT2D eigenvalue weighted by Gasteiger charge is 2.16. The van der Waals surface area contributed by atoms with Crippen molar-refractivity contribution in [1.29, 1.82) is 0 Å². The van der Waals surface area contributed by atoms with Crippen molar-refractivity contribution in [2.24, 2.45) is 0 Å². The van der Waals surface area contributed by atoms with E-state index in [0.29, 0.717) is 23.3 Å². The molecule has 0 aliphatic heterocycles. The lowest BCUT2D eigenvalue weighted by Crippen LogP contribution is -2.01. The number of benzene rings is 4. The van der Waals surface area contributed by atoms with Gasteiger partial charge in [0.15, 0.2) is 23.2 Å². The fourth-order valence-electron chi connectivity index (χ4n) is 3.80. The third-order valence-corrected chi connectivity index (χ3v) is 5.95. The molecule has 184 valence electrons. The van der Waals surface area contributed by atoms with Crippen molar-refractivity contribution in [3.8, 4) is 28.0 Å². The van der Waals surface area contributed by atoms with Gasteiger partial charge in [0.1, 0.15) is 0 Å². The number of halogens is 4. The summed E-state index contributed by atoms with van der Waals surface area (Å²) in [6.07, 6.45) is 4.76. The highest BCUT2D eigenvalue weighted by atomic mass is 19.2. The van der Waals surface area contributed by atoms with Gasteiger partial charge in [-0.05, 0) is 42.2 Å². The average Bonchev–Trinajstić information content (AvgIpc) is 2.89. The SMILES string of the molecule is CCCCOc1ccc(-c2ccc(/C=C/c3ccc(-c4ccc(C)cc4)c(F)c3F)cc2)c(F)c1F. The zero-order valence-corrected chi connectivity index (χ0v) is 20.1. The molecule has 5 heteroatoms. The average molecular weight is 491 g/mol. The number of hydrogen-bond donors (Lipinski definition) is 0. The summed E-state index contributed by atoms with van der Waals surface area (Å²) in [5.41, 5.74) is 3.25. The summed E-state index contributed by atoms with van der Waals surface area (Å²) >= 11 is 0. The lowest BCUT2D eigenvalue weighted by molar-refractivity contribution is 0.289. The number of rotatable bonds is 8. The molecule has 0 saturated carbocycles. The Bertz CT molecular complexity index is 1370. The third kappa shape index (κ3) is 5.51. The molecule has 0 amide bonds. The summed E-state index contributed by atoms with van der Waals surface area (Å²) < 4.78 is 63.8. The Morgan fingerprint density at radius 3 is 1.86 bits per heavy atom. The van der Waals surface area contributed by atoms with Crippen molar-refractivity contribution < 1.29 is 22.3 Å². The highest BCUT2D eigenvalue weighted by Crippen LogP contribution is 2.31. The number of aryl methyl sites for hydroxylation is 1. The minimum Gasteiger partial charge on any atom is -0.490 e. The predicted octanol–water partition coefficient (Wildman–Crippen LogP) is 9.23. The Hall–Kier alpha value is -3.86. The first-order valence-electron chi connectivity index (χ1n) is 11.8. The lowest BCUT2D eigenvalue weighted by atomic mass is 10.0. The second kappa shape index (κ2) is 11.3. The predicted molar refractivity (Wildman–Crippen MR) is 138 cm³/mol. The van der Waals surface area contributed by atoms with Crippen LogP contribution in [-0.4, -0.2) is 6.61 Å². The van der Waals surface area contributed by atoms with Crippen LogP contribution < -0.4 is 4.74 Å². The molecule has 1 nitrogen and oxygen atoms in total. The van der Waals surface area contributed by atoms with Crippen LogP contribution in [0.15, 0.2) is 72.8 Å².